The van der Waals surface area contributed by atoms with E-state index in [2.05, 4.69) is 78.7 Å². The summed E-state index contributed by atoms with van der Waals surface area (Å²) in [6.45, 7) is 33.1. The number of ether oxygens (including phenoxy) is 1. The molecule has 1 atom stereocenters. The molecule has 0 spiro atoms. The lowest BCUT2D eigenvalue weighted by Gasteiger charge is -2.37. The number of nitrogens with one attached hydrogen (secondary N) is 2. The Balaban J connectivity index is 0.000000431. The molecule has 2 N–H and O–H groups in total. The summed E-state index contributed by atoms with van der Waals surface area (Å²) in [4.78, 5) is 32.5. The SMILES string of the molecule is CC(C)C.CC(C)C(=O)NC1CCN(CCCN2CCN(C(C)C)CC2)CC1.CC(C)OCCCCCN1CCCC(NC=O)CC1. The fraction of sp³-hybridized carbons (Fsp3) is 0.947. The molecule has 0 aromatic carbocycles. The molecule has 2 amide bonds. The van der Waals surface area contributed by atoms with Crippen LogP contribution in [0.2, 0.25) is 0 Å². The molecule has 0 bridgehead atoms. The molecule has 0 saturated carbocycles. The molecule has 0 aliphatic carbocycles. The summed E-state index contributed by atoms with van der Waals surface area (Å²) in [7, 11) is 0. The second-order valence-electron chi connectivity index (χ2n) is 15.6. The van der Waals surface area contributed by atoms with E-state index in [-0.39, 0.29) is 11.8 Å². The Hall–Kier alpha value is -1.26. The summed E-state index contributed by atoms with van der Waals surface area (Å²) in [5.41, 5.74) is 0. The Labute approximate surface area is 291 Å². The third-order valence-electron chi connectivity index (χ3n) is 9.24. The largest absolute Gasteiger partial charge is 0.379 e. The second kappa shape index (κ2) is 26.6. The highest BCUT2D eigenvalue weighted by atomic mass is 16.5. The third-order valence-corrected chi connectivity index (χ3v) is 9.24. The van der Waals surface area contributed by atoms with Crippen LogP contribution in [-0.4, -0.2) is 135 Å². The van der Waals surface area contributed by atoms with Gasteiger partial charge >= 0.3 is 0 Å². The molecule has 9 nitrogen and oxygen atoms in total. The van der Waals surface area contributed by atoms with E-state index in [1.807, 2.05) is 13.8 Å². The number of hydrogen-bond acceptors (Lipinski definition) is 7. The van der Waals surface area contributed by atoms with Gasteiger partial charge in [-0.25, -0.2) is 0 Å². The van der Waals surface area contributed by atoms with Crippen molar-refractivity contribution in [2.75, 3.05) is 78.6 Å². The average molecular weight is 667 g/mol. The Morgan fingerprint density at radius 3 is 1.74 bits per heavy atom. The molecular weight excluding hydrogens is 588 g/mol. The van der Waals surface area contributed by atoms with Gasteiger partial charge in [0.05, 0.1) is 6.10 Å². The number of rotatable bonds is 16. The molecule has 1 unspecified atom stereocenters. The maximum atomic E-state index is 11.8. The number of amides is 2. The van der Waals surface area contributed by atoms with E-state index >= 15 is 0 Å². The van der Waals surface area contributed by atoms with Gasteiger partial charge in [-0.05, 0) is 118 Å². The van der Waals surface area contributed by atoms with Crippen molar-refractivity contribution in [2.45, 2.75) is 144 Å². The van der Waals surface area contributed by atoms with Crippen molar-refractivity contribution >= 4 is 12.3 Å². The van der Waals surface area contributed by atoms with Crippen molar-refractivity contribution in [3.05, 3.63) is 0 Å². The standard InChI is InChI=1S/C19H38N4O.C15H30N2O2.C4H10/c1-16(2)19(24)20-18-6-10-21(11-7-18)8-5-9-22-12-14-23(15-13-22)17(3)4;1-14(2)19-12-5-3-4-9-17-10-6-7-15(8-11-17)16-13-18;1-4(2)3/h16-18H,5-15H2,1-4H3,(H,20,24);13-15H,3-12H2,1-2H3,(H,16,18);4H,1-3H3. The lowest BCUT2D eigenvalue weighted by atomic mass is 10.0. The van der Waals surface area contributed by atoms with Crippen LogP contribution < -0.4 is 10.6 Å². The fourth-order valence-corrected chi connectivity index (χ4v) is 6.27. The van der Waals surface area contributed by atoms with Gasteiger partial charge in [0.15, 0.2) is 0 Å². The zero-order valence-electron chi connectivity index (χ0n) is 32.4. The van der Waals surface area contributed by atoms with Crippen LogP contribution in [0.4, 0.5) is 0 Å². The second-order valence-corrected chi connectivity index (χ2v) is 15.6. The molecule has 3 aliphatic rings. The first kappa shape index (κ1) is 43.8. The van der Waals surface area contributed by atoms with Crippen LogP contribution in [0.15, 0.2) is 0 Å². The predicted octanol–water partition coefficient (Wildman–Crippen LogP) is 5.48. The molecule has 47 heavy (non-hydrogen) atoms. The summed E-state index contributed by atoms with van der Waals surface area (Å²) in [5, 5.41) is 6.10. The van der Waals surface area contributed by atoms with Gasteiger partial charge < -0.3 is 30.1 Å². The highest BCUT2D eigenvalue weighted by molar-refractivity contribution is 5.78. The van der Waals surface area contributed by atoms with Crippen LogP contribution in [0, 0.1) is 11.8 Å². The molecule has 278 valence electrons. The average Bonchev–Trinajstić information content (AvgIpc) is 3.25. The van der Waals surface area contributed by atoms with Gasteiger partial charge in [0.1, 0.15) is 0 Å². The van der Waals surface area contributed by atoms with Gasteiger partial charge in [0, 0.05) is 76.5 Å². The first-order valence-corrected chi connectivity index (χ1v) is 19.4. The van der Waals surface area contributed by atoms with Gasteiger partial charge in [-0.15, -0.1) is 0 Å². The van der Waals surface area contributed by atoms with Crippen molar-refractivity contribution in [3.63, 3.8) is 0 Å². The highest BCUT2D eigenvalue weighted by Crippen LogP contribution is 2.13. The molecule has 9 heteroatoms. The van der Waals surface area contributed by atoms with Gasteiger partial charge in [0.25, 0.3) is 0 Å². The maximum absolute atomic E-state index is 11.8. The minimum absolute atomic E-state index is 0.0965. The normalized spacial score (nSPS) is 20.8. The predicted molar refractivity (Wildman–Crippen MR) is 199 cm³/mol. The minimum atomic E-state index is 0.0965. The van der Waals surface area contributed by atoms with E-state index in [9.17, 15) is 9.59 Å². The van der Waals surface area contributed by atoms with E-state index in [4.69, 9.17) is 4.74 Å². The summed E-state index contributed by atoms with van der Waals surface area (Å²) in [6, 6.07) is 1.46. The van der Waals surface area contributed by atoms with Crippen LogP contribution in [0.5, 0.6) is 0 Å². The van der Waals surface area contributed by atoms with Crippen molar-refractivity contribution in [3.8, 4) is 0 Å². The number of unbranched alkanes of at least 4 members (excludes halogenated alkanes) is 2. The van der Waals surface area contributed by atoms with Crippen molar-refractivity contribution < 1.29 is 14.3 Å². The van der Waals surface area contributed by atoms with Crippen molar-refractivity contribution in [1.82, 2.24) is 30.2 Å². The van der Waals surface area contributed by atoms with Gasteiger partial charge in [0.2, 0.25) is 12.3 Å². The van der Waals surface area contributed by atoms with E-state index in [0.29, 0.717) is 24.2 Å². The molecule has 3 rings (SSSR count). The van der Waals surface area contributed by atoms with E-state index < -0.39 is 0 Å². The summed E-state index contributed by atoms with van der Waals surface area (Å²) in [5.74, 6) is 1.13. The Morgan fingerprint density at radius 2 is 1.21 bits per heavy atom. The van der Waals surface area contributed by atoms with Crippen LogP contribution >= 0.6 is 0 Å². The van der Waals surface area contributed by atoms with Crippen LogP contribution in [-0.2, 0) is 14.3 Å². The third kappa shape index (κ3) is 22.9. The lowest BCUT2D eigenvalue weighted by molar-refractivity contribution is -0.125. The first-order chi connectivity index (χ1) is 22.4. The topological polar surface area (TPSA) is 80.4 Å². The number of piperidine rings is 1. The lowest BCUT2D eigenvalue weighted by Crippen LogP contribution is -2.49. The van der Waals surface area contributed by atoms with Crippen LogP contribution in [0.3, 0.4) is 0 Å². The van der Waals surface area contributed by atoms with Gasteiger partial charge in [-0.3, -0.25) is 14.5 Å². The highest BCUT2D eigenvalue weighted by Gasteiger charge is 2.22. The number of carbonyl (C=O) groups excluding carboxylic acids is 2. The van der Waals surface area contributed by atoms with E-state index in [1.165, 1.54) is 84.5 Å². The Bertz CT molecular complexity index is 762. The number of likely N-dealkylation sites (tertiary alicyclic amines) is 2. The van der Waals surface area contributed by atoms with Gasteiger partial charge in [-0.1, -0.05) is 34.6 Å². The zero-order chi connectivity index (χ0) is 35.0. The first-order valence-electron chi connectivity index (χ1n) is 19.4. The van der Waals surface area contributed by atoms with Crippen molar-refractivity contribution in [1.29, 1.82) is 0 Å². The monoisotopic (exact) mass is 667 g/mol. The fourth-order valence-electron chi connectivity index (χ4n) is 6.27. The van der Waals surface area contributed by atoms with Crippen molar-refractivity contribution in [2.24, 2.45) is 11.8 Å². The molecule has 0 aromatic rings. The summed E-state index contributed by atoms with van der Waals surface area (Å²) >= 11 is 0. The molecular formula is C38H78N6O3. The van der Waals surface area contributed by atoms with E-state index in [1.54, 1.807) is 0 Å². The minimum Gasteiger partial charge on any atom is -0.379 e. The number of piperazine rings is 1. The van der Waals surface area contributed by atoms with Gasteiger partial charge in [-0.2, -0.15) is 0 Å². The van der Waals surface area contributed by atoms with Crippen LogP contribution in [0.1, 0.15) is 120 Å². The van der Waals surface area contributed by atoms with Crippen LogP contribution in [0.25, 0.3) is 0 Å². The number of nitrogens with zero attached hydrogens (tertiary/aromatic N) is 4. The zero-order valence-corrected chi connectivity index (χ0v) is 32.4. The molecule has 3 aliphatic heterocycles. The quantitative estimate of drug-likeness (QED) is 0.167. The van der Waals surface area contributed by atoms with E-state index in [0.717, 1.165) is 64.3 Å². The molecule has 0 aromatic heterocycles. The Morgan fingerprint density at radius 1 is 0.681 bits per heavy atom. The molecule has 3 saturated heterocycles. The summed E-state index contributed by atoms with van der Waals surface area (Å²) < 4.78 is 5.54. The smallest absolute Gasteiger partial charge is 0.222 e. The summed E-state index contributed by atoms with van der Waals surface area (Å²) in [6.07, 6.45) is 11.8. The molecule has 0 radical (unpaired) electrons. The maximum Gasteiger partial charge on any atom is 0.222 e. The molecule has 3 heterocycles. The number of carbonyl (C=O) groups is 2. The molecule has 3 fully saturated rings. The Kier molecular flexibility index (Phi) is 24.8. The number of hydrogen-bond donors (Lipinski definition) is 2.